The Balaban J connectivity index is 1.53. The third kappa shape index (κ3) is 2.82. The highest BCUT2D eigenvalue weighted by Crippen LogP contribution is 2.32. The smallest absolute Gasteiger partial charge is 0.212 e. The fourth-order valence-corrected chi connectivity index (χ4v) is 5.07. The van der Waals surface area contributed by atoms with Crippen molar-refractivity contribution in [2.75, 3.05) is 13.2 Å². The number of fused-ring (bicyclic) bond motifs is 4. The molecule has 29 heavy (non-hydrogen) atoms. The topological polar surface area (TPSA) is 70.1 Å². The molecule has 0 atom stereocenters. The summed E-state index contributed by atoms with van der Waals surface area (Å²) in [6.07, 6.45) is 6.58. The molecule has 0 spiro atoms. The van der Waals surface area contributed by atoms with Gasteiger partial charge in [-0.3, -0.25) is 4.98 Å². The minimum atomic E-state index is 0.374. The van der Waals surface area contributed by atoms with E-state index in [0.29, 0.717) is 12.5 Å². The molecule has 1 aromatic carbocycles. The highest BCUT2D eigenvalue weighted by molar-refractivity contribution is 7.16. The Labute approximate surface area is 171 Å². The SMILES string of the molecule is Cc1nn2cc(Cc3nc4cnc5ccccc5c4n3C3CCOCC3)nc2s1. The lowest BCUT2D eigenvalue weighted by Gasteiger charge is -2.26. The van der Waals surface area contributed by atoms with Crippen molar-refractivity contribution < 1.29 is 4.74 Å². The molecule has 1 aliphatic heterocycles. The van der Waals surface area contributed by atoms with Gasteiger partial charge in [-0.15, -0.1) is 0 Å². The Hall–Kier alpha value is -2.84. The summed E-state index contributed by atoms with van der Waals surface area (Å²) in [5.41, 5.74) is 4.11. The predicted octanol–water partition coefficient (Wildman–Crippen LogP) is 3.94. The van der Waals surface area contributed by atoms with Crippen LogP contribution in [0.4, 0.5) is 0 Å². The molecule has 5 heterocycles. The van der Waals surface area contributed by atoms with E-state index < -0.39 is 0 Å². The van der Waals surface area contributed by atoms with E-state index in [2.05, 4.69) is 32.8 Å². The number of hydrogen-bond acceptors (Lipinski definition) is 6. The van der Waals surface area contributed by atoms with Crippen molar-refractivity contribution in [2.24, 2.45) is 0 Å². The second-order valence-electron chi connectivity index (χ2n) is 7.51. The van der Waals surface area contributed by atoms with Crippen LogP contribution in [0.2, 0.25) is 0 Å². The largest absolute Gasteiger partial charge is 0.381 e. The molecule has 146 valence electrons. The fourth-order valence-electron chi connectivity index (χ4n) is 4.33. The van der Waals surface area contributed by atoms with Gasteiger partial charge in [0.05, 0.1) is 29.1 Å². The van der Waals surface area contributed by atoms with Gasteiger partial charge < -0.3 is 9.30 Å². The summed E-state index contributed by atoms with van der Waals surface area (Å²) in [5.74, 6) is 1.03. The van der Waals surface area contributed by atoms with E-state index in [9.17, 15) is 0 Å². The van der Waals surface area contributed by atoms with Crippen LogP contribution in [-0.2, 0) is 11.2 Å². The van der Waals surface area contributed by atoms with E-state index in [1.807, 2.05) is 29.9 Å². The number of pyridine rings is 1. The highest BCUT2D eigenvalue weighted by atomic mass is 32.1. The highest BCUT2D eigenvalue weighted by Gasteiger charge is 2.24. The lowest BCUT2D eigenvalue weighted by Crippen LogP contribution is -2.21. The zero-order valence-electron chi connectivity index (χ0n) is 16.1. The standard InChI is InChI=1S/C21H20N6OS/c1-13-25-26-12-14(23-21(26)29-13)10-19-24-18-11-22-17-5-3-2-4-16(17)20(18)27(19)15-6-8-28-9-7-15/h2-5,11-12,15H,6-10H2,1H3. The van der Waals surface area contributed by atoms with Crippen LogP contribution in [0.15, 0.2) is 36.7 Å². The van der Waals surface area contributed by atoms with Gasteiger partial charge in [0.1, 0.15) is 16.3 Å². The van der Waals surface area contributed by atoms with Gasteiger partial charge in [-0.1, -0.05) is 29.5 Å². The molecule has 6 rings (SSSR count). The molecule has 7 nitrogen and oxygen atoms in total. The van der Waals surface area contributed by atoms with Gasteiger partial charge in [0.15, 0.2) is 0 Å². The number of rotatable bonds is 3. The van der Waals surface area contributed by atoms with Gasteiger partial charge in [0.2, 0.25) is 4.96 Å². The average Bonchev–Trinajstić information content (AvgIpc) is 3.39. The predicted molar refractivity (Wildman–Crippen MR) is 113 cm³/mol. The molecule has 0 N–H and O–H groups in total. The molecule has 5 aromatic rings. The molecule has 1 aliphatic rings. The lowest BCUT2D eigenvalue weighted by atomic mass is 10.1. The van der Waals surface area contributed by atoms with Crippen LogP contribution in [0.1, 0.15) is 35.4 Å². The van der Waals surface area contributed by atoms with Crippen molar-refractivity contribution in [3.05, 3.63) is 53.2 Å². The molecule has 0 aliphatic carbocycles. The number of benzene rings is 1. The number of hydrogen-bond donors (Lipinski definition) is 0. The van der Waals surface area contributed by atoms with E-state index in [0.717, 1.165) is 64.0 Å². The number of aromatic nitrogens is 6. The molecule has 0 bridgehead atoms. The van der Waals surface area contributed by atoms with E-state index >= 15 is 0 Å². The van der Waals surface area contributed by atoms with Crippen LogP contribution in [0.3, 0.4) is 0 Å². The number of imidazole rings is 2. The van der Waals surface area contributed by atoms with Crippen LogP contribution in [-0.4, -0.2) is 42.3 Å². The van der Waals surface area contributed by atoms with Gasteiger partial charge >= 0.3 is 0 Å². The van der Waals surface area contributed by atoms with Gasteiger partial charge in [-0.25, -0.2) is 14.5 Å². The summed E-state index contributed by atoms with van der Waals surface area (Å²) >= 11 is 1.61. The maximum absolute atomic E-state index is 5.63. The molecular weight excluding hydrogens is 384 g/mol. The number of para-hydroxylation sites is 1. The Morgan fingerprint density at radius 1 is 1.14 bits per heavy atom. The van der Waals surface area contributed by atoms with Crippen molar-refractivity contribution in [3.63, 3.8) is 0 Å². The average molecular weight is 404 g/mol. The first kappa shape index (κ1) is 17.1. The summed E-state index contributed by atoms with van der Waals surface area (Å²) in [4.78, 5) is 15.3. The van der Waals surface area contributed by atoms with Gasteiger partial charge in [0.25, 0.3) is 0 Å². The quantitative estimate of drug-likeness (QED) is 0.456. The molecule has 0 radical (unpaired) electrons. The monoisotopic (exact) mass is 404 g/mol. The van der Waals surface area contributed by atoms with Gasteiger partial charge in [0, 0.05) is 31.1 Å². The van der Waals surface area contributed by atoms with E-state index in [1.54, 1.807) is 11.3 Å². The van der Waals surface area contributed by atoms with Crippen LogP contribution in [0.25, 0.3) is 26.9 Å². The molecule has 1 saturated heterocycles. The molecular formula is C21H20N6OS. The summed E-state index contributed by atoms with van der Waals surface area (Å²) in [5, 5.41) is 6.66. The van der Waals surface area contributed by atoms with Crippen molar-refractivity contribution in [1.29, 1.82) is 0 Å². The Morgan fingerprint density at radius 3 is 2.86 bits per heavy atom. The normalized spacial score (nSPS) is 15.8. The summed E-state index contributed by atoms with van der Waals surface area (Å²) in [6, 6.07) is 8.68. The Bertz CT molecular complexity index is 1310. The molecule has 1 fully saturated rings. The zero-order valence-corrected chi connectivity index (χ0v) is 16.9. The Kier molecular flexibility index (Phi) is 3.88. The van der Waals surface area contributed by atoms with Crippen molar-refractivity contribution >= 4 is 38.2 Å². The molecule has 4 aromatic heterocycles. The fraction of sp³-hybridized carbons (Fsp3) is 0.333. The van der Waals surface area contributed by atoms with Crippen LogP contribution in [0.5, 0.6) is 0 Å². The maximum Gasteiger partial charge on any atom is 0.212 e. The van der Waals surface area contributed by atoms with E-state index in [1.165, 1.54) is 5.52 Å². The zero-order chi connectivity index (χ0) is 19.4. The molecule has 0 amide bonds. The molecule has 0 unspecified atom stereocenters. The number of nitrogens with zero attached hydrogens (tertiary/aromatic N) is 6. The van der Waals surface area contributed by atoms with Crippen molar-refractivity contribution in [3.8, 4) is 0 Å². The minimum absolute atomic E-state index is 0.374. The van der Waals surface area contributed by atoms with E-state index in [4.69, 9.17) is 14.7 Å². The second kappa shape index (κ2) is 6.60. The van der Waals surface area contributed by atoms with E-state index in [-0.39, 0.29) is 0 Å². The van der Waals surface area contributed by atoms with Crippen LogP contribution >= 0.6 is 11.3 Å². The first-order valence-electron chi connectivity index (χ1n) is 9.90. The first-order chi connectivity index (χ1) is 14.3. The lowest BCUT2D eigenvalue weighted by molar-refractivity contribution is 0.0700. The Morgan fingerprint density at radius 2 is 2.00 bits per heavy atom. The number of ether oxygens (including phenoxy) is 1. The maximum atomic E-state index is 5.63. The summed E-state index contributed by atoms with van der Waals surface area (Å²) in [6.45, 7) is 3.58. The summed E-state index contributed by atoms with van der Waals surface area (Å²) in [7, 11) is 0. The first-order valence-corrected chi connectivity index (χ1v) is 10.7. The van der Waals surface area contributed by atoms with Crippen molar-refractivity contribution in [2.45, 2.75) is 32.2 Å². The minimum Gasteiger partial charge on any atom is -0.381 e. The third-order valence-corrected chi connectivity index (χ3v) is 6.42. The van der Waals surface area contributed by atoms with Crippen molar-refractivity contribution in [1.82, 2.24) is 29.1 Å². The third-order valence-electron chi connectivity index (χ3n) is 5.59. The second-order valence-corrected chi connectivity index (χ2v) is 8.67. The van der Waals surface area contributed by atoms with Gasteiger partial charge in [-0.2, -0.15) is 5.10 Å². The summed E-state index contributed by atoms with van der Waals surface area (Å²) < 4.78 is 9.92. The van der Waals surface area contributed by atoms with Gasteiger partial charge in [-0.05, 0) is 25.8 Å². The van der Waals surface area contributed by atoms with Crippen LogP contribution < -0.4 is 0 Å². The number of aryl methyl sites for hydroxylation is 1. The van der Waals surface area contributed by atoms with Crippen LogP contribution in [0, 0.1) is 6.92 Å². The molecule has 0 saturated carbocycles. The molecule has 8 heteroatoms.